The molecule has 0 amide bonds. The average molecular weight is 261 g/mol. The van der Waals surface area contributed by atoms with Crippen molar-refractivity contribution in [3.63, 3.8) is 0 Å². The van der Waals surface area contributed by atoms with Crippen LogP contribution in [-0.2, 0) is 14.6 Å². The minimum atomic E-state index is -2.95. The van der Waals surface area contributed by atoms with Crippen LogP contribution in [0.4, 0.5) is 0 Å². The number of rotatable bonds is 3. The Labute approximate surface area is 104 Å². The molecular formula is C12H23NO3S. The van der Waals surface area contributed by atoms with Crippen LogP contribution in [0.5, 0.6) is 0 Å². The minimum Gasteiger partial charge on any atom is -0.381 e. The lowest BCUT2D eigenvalue weighted by atomic mass is 9.95. The zero-order valence-corrected chi connectivity index (χ0v) is 11.3. The van der Waals surface area contributed by atoms with Gasteiger partial charge in [0.2, 0.25) is 0 Å². The first-order valence-corrected chi connectivity index (χ1v) is 8.23. The van der Waals surface area contributed by atoms with E-state index in [4.69, 9.17) is 4.74 Å². The Bertz CT molecular complexity index is 336. The summed E-state index contributed by atoms with van der Waals surface area (Å²) in [7, 11) is -1.02. The molecule has 17 heavy (non-hydrogen) atoms. The lowest BCUT2D eigenvalue weighted by molar-refractivity contribution is 0.0980. The van der Waals surface area contributed by atoms with Crippen molar-refractivity contribution in [2.24, 2.45) is 0 Å². The summed E-state index contributed by atoms with van der Waals surface area (Å²) in [4.78, 5) is 0. The first-order valence-electron chi connectivity index (χ1n) is 6.62. The van der Waals surface area contributed by atoms with Gasteiger partial charge < -0.3 is 10.1 Å². The van der Waals surface area contributed by atoms with Crippen molar-refractivity contribution in [2.75, 3.05) is 20.3 Å². The van der Waals surface area contributed by atoms with Crippen molar-refractivity contribution in [3.05, 3.63) is 0 Å². The van der Waals surface area contributed by atoms with Crippen LogP contribution in [0, 0.1) is 0 Å². The zero-order chi connectivity index (χ0) is 12.3. The van der Waals surface area contributed by atoms with Crippen LogP contribution >= 0.6 is 0 Å². The normalized spacial score (nSPS) is 32.5. The molecule has 2 unspecified atom stereocenters. The number of hydrogen-bond acceptors (Lipinski definition) is 4. The molecular weight excluding hydrogens is 238 g/mol. The number of sulfone groups is 1. The topological polar surface area (TPSA) is 55.4 Å². The van der Waals surface area contributed by atoms with Crippen LogP contribution in [0.15, 0.2) is 0 Å². The summed E-state index contributed by atoms with van der Waals surface area (Å²) < 4.78 is 30.3. The molecule has 2 atom stereocenters. The molecule has 0 radical (unpaired) electrons. The van der Waals surface area contributed by atoms with Gasteiger partial charge in [0.1, 0.15) is 0 Å². The Hall–Kier alpha value is -0.130. The third-order valence-electron chi connectivity index (χ3n) is 4.13. The van der Waals surface area contributed by atoms with Gasteiger partial charge in [-0.15, -0.1) is 0 Å². The molecule has 0 bridgehead atoms. The Morgan fingerprint density at radius 1 is 1.06 bits per heavy atom. The van der Waals surface area contributed by atoms with E-state index in [1.165, 1.54) is 0 Å². The van der Waals surface area contributed by atoms with Gasteiger partial charge in [0.25, 0.3) is 0 Å². The maximum atomic E-state index is 12.5. The van der Waals surface area contributed by atoms with Gasteiger partial charge >= 0.3 is 0 Å². The largest absolute Gasteiger partial charge is 0.381 e. The van der Waals surface area contributed by atoms with Crippen molar-refractivity contribution in [2.45, 2.75) is 55.1 Å². The highest BCUT2D eigenvalue weighted by Crippen LogP contribution is 2.29. The Kier molecular flexibility index (Phi) is 4.44. The summed E-state index contributed by atoms with van der Waals surface area (Å²) in [6.07, 6.45) is 5.13. The quantitative estimate of drug-likeness (QED) is 0.827. The van der Waals surface area contributed by atoms with E-state index in [2.05, 4.69) is 5.32 Å². The minimum absolute atomic E-state index is 0.128. The van der Waals surface area contributed by atoms with E-state index in [1.54, 1.807) is 0 Å². The number of nitrogens with one attached hydrogen (secondary N) is 1. The van der Waals surface area contributed by atoms with Crippen molar-refractivity contribution in [3.8, 4) is 0 Å². The fourth-order valence-corrected chi connectivity index (χ4v) is 5.37. The smallest absolute Gasteiger partial charge is 0.156 e. The van der Waals surface area contributed by atoms with Gasteiger partial charge in [-0.2, -0.15) is 0 Å². The van der Waals surface area contributed by atoms with E-state index < -0.39 is 9.84 Å². The van der Waals surface area contributed by atoms with Gasteiger partial charge in [0.15, 0.2) is 9.84 Å². The lowest BCUT2D eigenvalue weighted by Crippen LogP contribution is -2.42. The highest BCUT2D eigenvalue weighted by Gasteiger charge is 2.37. The van der Waals surface area contributed by atoms with Gasteiger partial charge in [0, 0.05) is 19.3 Å². The van der Waals surface area contributed by atoms with E-state index in [-0.39, 0.29) is 10.5 Å². The molecule has 0 aromatic carbocycles. The summed E-state index contributed by atoms with van der Waals surface area (Å²) in [5.74, 6) is 0. The molecule has 2 rings (SSSR count). The van der Waals surface area contributed by atoms with Crippen molar-refractivity contribution < 1.29 is 13.2 Å². The molecule has 4 nitrogen and oxygen atoms in total. The lowest BCUT2D eigenvalue weighted by Gasteiger charge is -2.32. The standard InChI is InChI=1S/C12H23NO3S/c1-13-10-3-2-4-12(9-10)17(14,15)11-5-7-16-8-6-11/h10-13H,2-9H2,1H3. The summed E-state index contributed by atoms with van der Waals surface area (Å²) in [6, 6.07) is 0.378. The van der Waals surface area contributed by atoms with E-state index in [0.717, 1.165) is 25.7 Å². The average Bonchev–Trinajstić information content (AvgIpc) is 2.40. The highest BCUT2D eigenvalue weighted by atomic mass is 32.2. The maximum absolute atomic E-state index is 12.5. The van der Waals surface area contributed by atoms with Crippen molar-refractivity contribution >= 4 is 9.84 Å². The molecule has 1 saturated carbocycles. The molecule has 2 aliphatic rings. The third-order valence-corrected chi connectivity index (χ3v) is 6.89. The monoisotopic (exact) mass is 261 g/mol. The molecule has 1 N–H and O–H groups in total. The molecule has 100 valence electrons. The molecule has 0 spiro atoms. The second-order valence-corrected chi connectivity index (χ2v) is 7.69. The van der Waals surface area contributed by atoms with Gasteiger partial charge in [-0.3, -0.25) is 0 Å². The highest BCUT2D eigenvalue weighted by molar-refractivity contribution is 7.92. The number of hydrogen-bond donors (Lipinski definition) is 1. The van der Waals surface area contributed by atoms with Crippen LogP contribution in [-0.4, -0.2) is 45.2 Å². The Morgan fingerprint density at radius 3 is 2.41 bits per heavy atom. The fourth-order valence-electron chi connectivity index (χ4n) is 2.98. The predicted octanol–water partition coefficient (Wildman–Crippen LogP) is 1.11. The van der Waals surface area contributed by atoms with Crippen LogP contribution < -0.4 is 5.32 Å². The van der Waals surface area contributed by atoms with Crippen molar-refractivity contribution in [1.29, 1.82) is 0 Å². The SMILES string of the molecule is CNC1CCCC(S(=O)(=O)C2CCOCC2)C1. The fraction of sp³-hybridized carbons (Fsp3) is 1.00. The van der Waals surface area contributed by atoms with Crippen molar-refractivity contribution in [1.82, 2.24) is 5.32 Å². The molecule has 1 aliphatic carbocycles. The van der Waals surface area contributed by atoms with Crippen LogP contribution in [0.2, 0.25) is 0 Å². The first kappa shape index (κ1) is 13.3. The van der Waals surface area contributed by atoms with E-state index in [9.17, 15) is 8.42 Å². The van der Waals surface area contributed by atoms with E-state index in [1.807, 2.05) is 7.05 Å². The van der Waals surface area contributed by atoms with Gasteiger partial charge in [-0.1, -0.05) is 6.42 Å². The van der Waals surface area contributed by atoms with Gasteiger partial charge in [0.05, 0.1) is 10.5 Å². The number of ether oxygens (including phenoxy) is 1. The Morgan fingerprint density at radius 2 is 1.76 bits per heavy atom. The summed E-state index contributed by atoms with van der Waals surface area (Å²) >= 11 is 0. The first-order chi connectivity index (χ1) is 8.14. The molecule has 1 saturated heterocycles. The molecule has 0 aromatic rings. The van der Waals surface area contributed by atoms with Crippen LogP contribution in [0.3, 0.4) is 0 Å². The summed E-state index contributed by atoms with van der Waals surface area (Å²) in [5.41, 5.74) is 0. The predicted molar refractivity (Wildman–Crippen MR) is 67.9 cm³/mol. The molecule has 2 fully saturated rings. The summed E-state index contributed by atoms with van der Waals surface area (Å²) in [6.45, 7) is 1.21. The maximum Gasteiger partial charge on any atom is 0.156 e. The van der Waals surface area contributed by atoms with Crippen LogP contribution in [0.25, 0.3) is 0 Å². The second-order valence-electron chi connectivity index (χ2n) is 5.17. The third kappa shape index (κ3) is 3.01. The van der Waals surface area contributed by atoms with E-state index >= 15 is 0 Å². The molecule has 1 aliphatic heterocycles. The van der Waals surface area contributed by atoms with E-state index in [0.29, 0.717) is 32.1 Å². The molecule has 0 aromatic heterocycles. The van der Waals surface area contributed by atoms with Gasteiger partial charge in [-0.25, -0.2) is 8.42 Å². The molecule has 5 heteroatoms. The zero-order valence-electron chi connectivity index (χ0n) is 10.5. The summed E-state index contributed by atoms with van der Waals surface area (Å²) in [5, 5.41) is 2.94. The van der Waals surface area contributed by atoms with Crippen LogP contribution in [0.1, 0.15) is 38.5 Å². The molecule has 1 heterocycles. The second kappa shape index (κ2) is 5.67. The Balaban J connectivity index is 2.03. The van der Waals surface area contributed by atoms with Gasteiger partial charge in [-0.05, 0) is 39.2 Å².